The Morgan fingerprint density at radius 1 is 1.08 bits per heavy atom. The van der Waals surface area contributed by atoms with Crippen molar-refractivity contribution in [2.24, 2.45) is 0 Å². The van der Waals surface area contributed by atoms with Crippen LogP contribution in [0.2, 0.25) is 0 Å². The van der Waals surface area contributed by atoms with E-state index in [9.17, 15) is 4.79 Å². The van der Waals surface area contributed by atoms with Crippen LogP contribution in [0.25, 0.3) is 0 Å². The molecule has 1 heterocycles. The monoisotopic (exact) mass is 326 g/mol. The third kappa shape index (κ3) is 3.36. The van der Waals surface area contributed by atoms with Gasteiger partial charge < -0.3 is 19.7 Å². The molecule has 0 aromatic heterocycles. The number of hydrogen-bond donors (Lipinski definition) is 1. The van der Waals surface area contributed by atoms with Crippen molar-refractivity contribution in [1.29, 1.82) is 0 Å². The first-order valence-corrected chi connectivity index (χ1v) is 8.14. The number of nitrogens with one attached hydrogen (secondary N) is 1. The average molecular weight is 326 g/mol. The van der Waals surface area contributed by atoms with E-state index in [1.165, 1.54) is 0 Å². The van der Waals surface area contributed by atoms with Crippen molar-refractivity contribution >= 4 is 11.6 Å². The highest BCUT2D eigenvalue weighted by Crippen LogP contribution is 2.32. The van der Waals surface area contributed by atoms with Gasteiger partial charge in [-0.2, -0.15) is 0 Å². The molecule has 1 amide bonds. The maximum Gasteiger partial charge on any atom is 0.257 e. The summed E-state index contributed by atoms with van der Waals surface area (Å²) < 4.78 is 10.9. The second kappa shape index (κ2) is 7.36. The summed E-state index contributed by atoms with van der Waals surface area (Å²) in [5.74, 6) is 0.815. The number of ether oxygens (including phenoxy) is 2. The van der Waals surface area contributed by atoms with E-state index < -0.39 is 0 Å². The highest BCUT2D eigenvalue weighted by Gasteiger charge is 2.29. The SMILES string of the molecule is CCOCCOc1ccc(C2Nc3ccccc3C(=O)N2C)cc1. The number of benzene rings is 2. The normalized spacial score (nSPS) is 16.5. The van der Waals surface area contributed by atoms with E-state index >= 15 is 0 Å². The van der Waals surface area contributed by atoms with E-state index in [1.54, 1.807) is 4.90 Å². The Bertz CT molecular complexity index is 700. The van der Waals surface area contributed by atoms with Crippen LogP contribution in [0.5, 0.6) is 5.75 Å². The Balaban J connectivity index is 1.71. The largest absolute Gasteiger partial charge is 0.491 e. The van der Waals surface area contributed by atoms with E-state index in [2.05, 4.69) is 5.32 Å². The maximum absolute atomic E-state index is 12.5. The van der Waals surface area contributed by atoms with E-state index in [0.717, 1.165) is 17.0 Å². The van der Waals surface area contributed by atoms with Gasteiger partial charge in [0.15, 0.2) is 0 Å². The first-order chi connectivity index (χ1) is 11.7. The molecule has 1 aliphatic heterocycles. The number of nitrogens with zero attached hydrogens (tertiary/aromatic N) is 1. The topological polar surface area (TPSA) is 50.8 Å². The maximum atomic E-state index is 12.5. The Kier molecular flexibility index (Phi) is 5.01. The lowest BCUT2D eigenvalue weighted by atomic mass is 10.0. The minimum atomic E-state index is -0.190. The Hall–Kier alpha value is -2.53. The van der Waals surface area contributed by atoms with Crippen LogP contribution in [0.3, 0.4) is 0 Å². The predicted octanol–water partition coefficient (Wildman–Crippen LogP) is 3.30. The zero-order valence-corrected chi connectivity index (χ0v) is 14.0. The molecular weight excluding hydrogens is 304 g/mol. The van der Waals surface area contributed by atoms with Crippen LogP contribution in [-0.4, -0.2) is 37.7 Å². The molecular formula is C19H22N2O3. The fourth-order valence-corrected chi connectivity index (χ4v) is 2.76. The predicted molar refractivity (Wildman–Crippen MR) is 93.3 cm³/mol. The molecule has 1 unspecified atom stereocenters. The van der Waals surface area contributed by atoms with Crippen LogP contribution >= 0.6 is 0 Å². The summed E-state index contributed by atoms with van der Waals surface area (Å²) in [4.78, 5) is 14.2. The summed E-state index contributed by atoms with van der Waals surface area (Å²) in [5, 5.41) is 3.42. The van der Waals surface area contributed by atoms with Crippen LogP contribution in [0.1, 0.15) is 29.0 Å². The molecule has 3 rings (SSSR count). The molecule has 5 heteroatoms. The molecule has 0 spiro atoms. The standard InChI is InChI=1S/C19H22N2O3/c1-3-23-12-13-24-15-10-8-14(9-11-15)18-20-17-7-5-4-6-16(17)19(22)21(18)2/h4-11,18,20H,3,12-13H2,1-2H3. The quantitative estimate of drug-likeness (QED) is 0.828. The van der Waals surface area contributed by atoms with Gasteiger partial charge >= 0.3 is 0 Å². The van der Waals surface area contributed by atoms with Crippen LogP contribution in [0, 0.1) is 0 Å². The summed E-state index contributed by atoms with van der Waals surface area (Å²) in [7, 11) is 1.81. The minimum Gasteiger partial charge on any atom is -0.491 e. The fraction of sp³-hybridized carbons (Fsp3) is 0.316. The number of para-hydroxylation sites is 1. The Morgan fingerprint density at radius 3 is 2.58 bits per heavy atom. The number of carbonyl (C=O) groups excluding carboxylic acids is 1. The third-order valence-electron chi connectivity index (χ3n) is 4.05. The first-order valence-electron chi connectivity index (χ1n) is 8.14. The number of rotatable bonds is 6. The van der Waals surface area contributed by atoms with Crippen molar-refractivity contribution in [1.82, 2.24) is 4.90 Å². The van der Waals surface area contributed by atoms with E-state index in [0.29, 0.717) is 25.4 Å². The van der Waals surface area contributed by atoms with Crippen molar-refractivity contribution in [3.05, 3.63) is 59.7 Å². The Morgan fingerprint density at radius 2 is 1.83 bits per heavy atom. The molecule has 126 valence electrons. The number of hydrogen-bond acceptors (Lipinski definition) is 4. The zero-order valence-electron chi connectivity index (χ0n) is 14.0. The molecule has 0 saturated carbocycles. The van der Waals surface area contributed by atoms with Crippen LogP contribution in [-0.2, 0) is 4.74 Å². The smallest absolute Gasteiger partial charge is 0.257 e. The van der Waals surface area contributed by atoms with Crippen molar-refractivity contribution in [3.63, 3.8) is 0 Å². The average Bonchev–Trinajstić information content (AvgIpc) is 2.62. The molecule has 0 bridgehead atoms. The lowest BCUT2D eigenvalue weighted by Gasteiger charge is -2.35. The van der Waals surface area contributed by atoms with Gasteiger partial charge in [0.25, 0.3) is 5.91 Å². The molecule has 5 nitrogen and oxygen atoms in total. The molecule has 0 saturated heterocycles. The van der Waals surface area contributed by atoms with Gasteiger partial charge in [-0.1, -0.05) is 24.3 Å². The van der Waals surface area contributed by atoms with E-state index in [-0.39, 0.29) is 12.1 Å². The van der Waals surface area contributed by atoms with Gasteiger partial charge in [0.05, 0.1) is 12.2 Å². The molecule has 24 heavy (non-hydrogen) atoms. The highest BCUT2D eigenvalue weighted by molar-refractivity contribution is 6.01. The van der Waals surface area contributed by atoms with Crippen molar-refractivity contribution in [2.45, 2.75) is 13.1 Å². The van der Waals surface area contributed by atoms with E-state index in [1.807, 2.05) is 62.5 Å². The van der Waals surface area contributed by atoms with Crippen molar-refractivity contribution in [3.8, 4) is 5.75 Å². The van der Waals surface area contributed by atoms with Crippen molar-refractivity contribution < 1.29 is 14.3 Å². The molecule has 0 fully saturated rings. The second-order valence-corrected chi connectivity index (χ2v) is 5.62. The van der Waals surface area contributed by atoms with Gasteiger partial charge in [-0.15, -0.1) is 0 Å². The van der Waals surface area contributed by atoms with Crippen LogP contribution in [0.4, 0.5) is 5.69 Å². The highest BCUT2D eigenvalue weighted by atomic mass is 16.5. The number of amides is 1. The van der Waals surface area contributed by atoms with Crippen LogP contribution < -0.4 is 10.1 Å². The molecule has 0 radical (unpaired) electrons. The lowest BCUT2D eigenvalue weighted by Crippen LogP contribution is -2.40. The van der Waals surface area contributed by atoms with Gasteiger partial charge in [-0.3, -0.25) is 4.79 Å². The zero-order chi connectivity index (χ0) is 16.9. The number of anilines is 1. The lowest BCUT2D eigenvalue weighted by molar-refractivity contribution is 0.0735. The summed E-state index contributed by atoms with van der Waals surface area (Å²) >= 11 is 0. The minimum absolute atomic E-state index is 0.0198. The molecule has 1 atom stereocenters. The third-order valence-corrected chi connectivity index (χ3v) is 4.05. The van der Waals surface area contributed by atoms with Gasteiger partial charge in [0.1, 0.15) is 18.5 Å². The Labute approximate surface area is 142 Å². The molecule has 2 aromatic rings. The fourth-order valence-electron chi connectivity index (χ4n) is 2.76. The van der Waals surface area contributed by atoms with Gasteiger partial charge in [-0.05, 0) is 36.8 Å². The molecule has 1 aliphatic rings. The second-order valence-electron chi connectivity index (χ2n) is 5.62. The van der Waals surface area contributed by atoms with Gasteiger partial charge in [0, 0.05) is 19.3 Å². The van der Waals surface area contributed by atoms with Gasteiger partial charge in [0.2, 0.25) is 0 Å². The summed E-state index contributed by atoms with van der Waals surface area (Å²) in [6.07, 6.45) is -0.190. The summed E-state index contributed by atoms with van der Waals surface area (Å²) in [5.41, 5.74) is 2.58. The van der Waals surface area contributed by atoms with Gasteiger partial charge in [-0.25, -0.2) is 0 Å². The van der Waals surface area contributed by atoms with E-state index in [4.69, 9.17) is 9.47 Å². The van der Waals surface area contributed by atoms with Crippen molar-refractivity contribution in [2.75, 3.05) is 32.2 Å². The molecule has 2 aromatic carbocycles. The number of carbonyl (C=O) groups is 1. The molecule has 1 N–H and O–H groups in total. The van der Waals surface area contributed by atoms with Crippen LogP contribution in [0.15, 0.2) is 48.5 Å². The summed E-state index contributed by atoms with van der Waals surface area (Å²) in [6.45, 7) is 3.76. The number of fused-ring (bicyclic) bond motifs is 1. The molecule has 0 aliphatic carbocycles. The first kappa shape index (κ1) is 16.3. The summed E-state index contributed by atoms with van der Waals surface area (Å²) in [6, 6.07) is 15.4.